The maximum Gasteiger partial charge on any atom is 0.151 e. The van der Waals surface area contributed by atoms with Gasteiger partial charge in [0.25, 0.3) is 0 Å². The molecule has 6 nitrogen and oxygen atoms in total. The predicted molar refractivity (Wildman–Crippen MR) is 62.7 cm³/mol. The second-order valence-corrected chi connectivity index (χ2v) is 3.85. The number of rotatable bonds is 4. The Bertz CT molecular complexity index is 379. The normalized spacial score (nSPS) is 13.6. The summed E-state index contributed by atoms with van der Waals surface area (Å²) in [6.07, 6.45) is 2.17. The summed E-state index contributed by atoms with van der Waals surface area (Å²) < 4.78 is 0. The summed E-state index contributed by atoms with van der Waals surface area (Å²) >= 11 is 0. The van der Waals surface area contributed by atoms with Gasteiger partial charge in [-0.15, -0.1) is 5.10 Å². The zero-order valence-corrected chi connectivity index (χ0v) is 9.75. The van der Waals surface area contributed by atoms with Crippen molar-refractivity contribution in [2.45, 2.75) is 26.3 Å². The molecule has 0 aliphatic rings. The standard InChI is InChI=1S/C10H17N5O/c1-7-4-10(13-12-6-7)15(3)8(2)5-9(11)14-16/h4,6,8,16H,5H2,1-3H3,(H2,11,14). The first-order valence-corrected chi connectivity index (χ1v) is 5.03. The predicted octanol–water partition coefficient (Wildman–Crippen LogP) is 0.746. The molecule has 1 unspecified atom stereocenters. The maximum atomic E-state index is 8.50. The maximum absolute atomic E-state index is 8.50. The monoisotopic (exact) mass is 223 g/mol. The topological polar surface area (TPSA) is 87.6 Å². The van der Waals surface area contributed by atoms with E-state index in [4.69, 9.17) is 10.9 Å². The smallest absolute Gasteiger partial charge is 0.151 e. The molecule has 0 fully saturated rings. The summed E-state index contributed by atoms with van der Waals surface area (Å²) in [6.45, 7) is 3.93. The molecule has 0 amide bonds. The Kier molecular flexibility index (Phi) is 4.04. The second kappa shape index (κ2) is 5.29. The van der Waals surface area contributed by atoms with Crippen LogP contribution in [0.4, 0.5) is 5.82 Å². The Morgan fingerprint density at radius 1 is 1.69 bits per heavy atom. The molecule has 88 valence electrons. The van der Waals surface area contributed by atoms with Crippen molar-refractivity contribution in [1.29, 1.82) is 0 Å². The molecule has 1 rings (SSSR count). The Hall–Kier alpha value is -1.85. The molecule has 1 aromatic rings. The Morgan fingerprint density at radius 2 is 2.38 bits per heavy atom. The number of hydrogen-bond acceptors (Lipinski definition) is 5. The number of nitrogens with two attached hydrogens (primary N) is 1. The number of anilines is 1. The van der Waals surface area contributed by atoms with Crippen molar-refractivity contribution < 1.29 is 5.21 Å². The summed E-state index contributed by atoms with van der Waals surface area (Å²) in [5.41, 5.74) is 6.51. The number of amidine groups is 1. The molecule has 16 heavy (non-hydrogen) atoms. The number of aromatic nitrogens is 2. The van der Waals surface area contributed by atoms with Crippen LogP contribution in [0.15, 0.2) is 17.4 Å². The van der Waals surface area contributed by atoms with E-state index in [0.29, 0.717) is 6.42 Å². The molecule has 0 bridgehead atoms. The van der Waals surface area contributed by atoms with E-state index in [1.807, 2.05) is 31.9 Å². The van der Waals surface area contributed by atoms with Crippen LogP contribution in [0.2, 0.25) is 0 Å². The molecule has 0 aliphatic carbocycles. The average Bonchev–Trinajstić information content (AvgIpc) is 2.27. The van der Waals surface area contributed by atoms with Crippen LogP contribution in [0.25, 0.3) is 0 Å². The fraction of sp³-hybridized carbons (Fsp3) is 0.500. The molecular weight excluding hydrogens is 206 g/mol. The van der Waals surface area contributed by atoms with Crippen molar-refractivity contribution in [1.82, 2.24) is 10.2 Å². The molecule has 6 heteroatoms. The first kappa shape index (κ1) is 12.2. The molecule has 0 saturated carbocycles. The molecular formula is C10H17N5O. The fourth-order valence-electron chi connectivity index (χ4n) is 1.33. The van der Waals surface area contributed by atoms with Crippen LogP contribution in [0, 0.1) is 6.92 Å². The van der Waals surface area contributed by atoms with E-state index in [-0.39, 0.29) is 11.9 Å². The summed E-state index contributed by atoms with van der Waals surface area (Å²) in [5, 5.41) is 19.4. The lowest BCUT2D eigenvalue weighted by atomic mass is 10.2. The first-order chi connectivity index (χ1) is 7.54. The molecule has 0 aliphatic heterocycles. The SMILES string of the molecule is Cc1cnnc(N(C)C(C)C/C(N)=N/O)c1. The summed E-state index contributed by atoms with van der Waals surface area (Å²) in [6, 6.07) is 2.03. The van der Waals surface area contributed by atoms with Crippen LogP contribution >= 0.6 is 0 Å². The van der Waals surface area contributed by atoms with E-state index in [1.54, 1.807) is 6.20 Å². The highest BCUT2D eigenvalue weighted by molar-refractivity contribution is 5.80. The van der Waals surface area contributed by atoms with Gasteiger partial charge in [0.1, 0.15) is 5.84 Å². The van der Waals surface area contributed by atoms with Gasteiger partial charge in [0.2, 0.25) is 0 Å². The number of oxime groups is 1. The van der Waals surface area contributed by atoms with Crippen molar-refractivity contribution in [3.05, 3.63) is 17.8 Å². The van der Waals surface area contributed by atoms with Crippen LogP contribution in [0.5, 0.6) is 0 Å². The van der Waals surface area contributed by atoms with Gasteiger partial charge in [-0.1, -0.05) is 5.16 Å². The van der Waals surface area contributed by atoms with E-state index in [2.05, 4.69) is 15.4 Å². The van der Waals surface area contributed by atoms with Crippen LogP contribution in [0.3, 0.4) is 0 Å². The Morgan fingerprint density at radius 3 is 2.94 bits per heavy atom. The molecule has 0 radical (unpaired) electrons. The van der Waals surface area contributed by atoms with Gasteiger partial charge >= 0.3 is 0 Å². The van der Waals surface area contributed by atoms with Crippen molar-refractivity contribution in [2.24, 2.45) is 10.9 Å². The molecule has 0 aromatic carbocycles. The lowest BCUT2D eigenvalue weighted by Crippen LogP contribution is -2.33. The lowest BCUT2D eigenvalue weighted by molar-refractivity contribution is 0.316. The third-order valence-electron chi connectivity index (χ3n) is 2.43. The highest BCUT2D eigenvalue weighted by Crippen LogP contribution is 2.13. The van der Waals surface area contributed by atoms with E-state index in [0.717, 1.165) is 11.4 Å². The van der Waals surface area contributed by atoms with Gasteiger partial charge in [0.15, 0.2) is 5.82 Å². The first-order valence-electron chi connectivity index (χ1n) is 5.03. The molecule has 1 atom stereocenters. The van der Waals surface area contributed by atoms with Gasteiger partial charge < -0.3 is 15.8 Å². The van der Waals surface area contributed by atoms with Gasteiger partial charge in [-0.05, 0) is 25.5 Å². The second-order valence-electron chi connectivity index (χ2n) is 3.85. The molecule has 0 spiro atoms. The summed E-state index contributed by atoms with van der Waals surface area (Å²) in [4.78, 5) is 1.94. The quantitative estimate of drug-likeness (QED) is 0.340. The summed E-state index contributed by atoms with van der Waals surface area (Å²) in [7, 11) is 1.90. The highest BCUT2D eigenvalue weighted by Gasteiger charge is 2.13. The summed E-state index contributed by atoms with van der Waals surface area (Å²) in [5.74, 6) is 0.984. The van der Waals surface area contributed by atoms with Crippen molar-refractivity contribution in [3.63, 3.8) is 0 Å². The van der Waals surface area contributed by atoms with Crippen LogP contribution < -0.4 is 10.6 Å². The van der Waals surface area contributed by atoms with Crippen LogP contribution in [0.1, 0.15) is 18.9 Å². The Labute approximate surface area is 94.8 Å². The number of aryl methyl sites for hydroxylation is 1. The lowest BCUT2D eigenvalue weighted by Gasteiger charge is -2.25. The largest absolute Gasteiger partial charge is 0.409 e. The number of nitrogens with zero attached hydrogens (tertiary/aromatic N) is 4. The van der Waals surface area contributed by atoms with Gasteiger partial charge in [-0.25, -0.2) is 0 Å². The zero-order valence-electron chi connectivity index (χ0n) is 9.75. The Balaban J connectivity index is 2.74. The van der Waals surface area contributed by atoms with Gasteiger partial charge in [-0.3, -0.25) is 0 Å². The van der Waals surface area contributed by atoms with Crippen LogP contribution in [-0.4, -0.2) is 34.3 Å². The van der Waals surface area contributed by atoms with Crippen molar-refractivity contribution in [2.75, 3.05) is 11.9 Å². The molecule has 1 heterocycles. The average molecular weight is 223 g/mol. The van der Waals surface area contributed by atoms with Crippen molar-refractivity contribution >= 4 is 11.7 Å². The van der Waals surface area contributed by atoms with Gasteiger partial charge in [0.05, 0.1) is 6.20 Å². The molecule has 1 aromatic heterocycles. The van der Waals surface area contributed by atoms with Gasteiger partial charge in [-0.2, -0.15) is 5.10 Å². The van der Waals surface area contributed by atoms with E-state index in [9.17, 15) is 0 Å². The number of hydrogen-bond donors (Lipinski definition) is 2. The molecule has 3 N–H and O–H groups in total. The molecule has 0 saturated heterocycles. The van der Waals surface area contributed by atoms with E-state index >= 15 is 0 Å². The van der Waals surface area contributed by atoms with E-state index in [1.165, 1.54) is 0 Å². The minimum Gasteiger partial charge on any atom is -0.409 e. The van der Waals surface area contributed by atoms with Gasteiger partial charge in [0, 0.05) is 19.5 Å². The fourth-order valence-corrected chi connectivity index (χ4v) is 1.33. The van der Waals surface area contributed by atoms with Crippen molar-refractivity contribution in [3.8, 4) is 0 Å². The van der Waals surface area contributed by atoms with Crippen LogP contribution in [-0.2, 0) is 0 Å². The van der Waals surface area contributed by atoms with E-state index < -0.39 is 0 Å². The third-order valence-corrected chi connectivity index (χ3v) is 2.43. The minimum absolute atomic E-state index is 0.0898. The minimum atomic E-state index is 0.0898. The zero-order chi connectivity index (χ0) is 12.1. The third kappa shape index (κ3) is 3.08. The highest BCUT2D eigenvalue weighted by atomic mass is 16.4.